The predicted molar refractivity (Wildman–Crippen MR) is 93.6 cm³/mol. The number of rotatable bonds is 3. The van der Waals surface area contributed by atoms with Crippen LogP contribution in [0.5, 0.6) is 0 Å². The number of aromatic nitrogens is 5. The molecule has 0 aliphatic carbocycles. The number of halogens is 5. The maximum atomic E-state index is 14.6. The fourth-order valence-corrected chi connectivity index (χ4v) is 2.66. The molecule has 152 valence electrons. The molecule has 4 aromatic heterocycles. The zero-order chi connectivity index (χ0) is 21.5. The van der Waals surface area contributed by atoms with Crippen LogP contribution in [0.4, 0.5) is 22.0 Å². The molecule has 4 heterocycles. The maximum Gasteiger partial charge on any atom is 0.417 e. The summed E-state index contributed by atoms with van der Waals surface area (Å²) in [6.07, 6.45) is -1.90. The molecule has 0 atom stereocenters. The molecule has 6 nitrogen and oxygen atoms in total. The number of nitrogens with zero attached hydrogens (tertiary/aromatic N) is 5. The Morgan fingerprint density at radius 3 is 2.43 bits per heavy atom. The van der Waals surface area contributed by atoms with Gasteiger partial charge < -0.3 is 4.52 Å². The van der Waals surface area contributed by atoms with Crippen LogP contribution in [0.2, 0.25) is 0 Å². The minimum atomic E-state index is -4.63. The monoisotopic (exact) mass is 419 g/mol. The Morgan fingerprint density at radius 2 is 1.73 bits per heavy atom. The van der Waals surface area contributed by atoms with Crippen molar-refractivity contribution in [2.45, 2.75) is 13.1 Å². The second-order valence-electron chi connectivity index (χ2n) is 6.20. The summed E-state index contributed by atoms with van der Waals surface area (Å²) in [5.41, 5.74) is -1.05. The van der Waals surface area contributed by atoms with E-state index in [9.17, 15) is 22.0 Å². The summed E-state index contributed by atoms with van der Waals surface area (Å²) >= 11 is 0. The minimum Gasteiger partial charge on any atom is -0.332 e. The highest BCUT2D eigenvalue weighted by Crippen LogP contribution is 2.33. The van der Waals surface area contributed by atoms with E-state index in [0.717, 1.165) is 24.5 Å². The van der Waals surface area contributed by atoms with Crippen LogP contribution in [-0.4, -0.2) is 25.1 Å². The quantitative estimate of drug-likeness (QED) is 0.442. The van der Waals surface area contributed by atoms with Gasteiger partial charge in [0.1, 0.15) is 17.2 Å². The fraction of sp³-hybridized carbons (Fsp3) is 0.105. The van der Waals surface area contributed by atoms with E-state index in [2.05, 4.69) is 25.1 Å². The Kier molecular flexibility index (Phi) is 4.72. The SMILES string of the molecule is Cc1nc(-c2noc(-c3ccc(F)cn3)n2)cc(-c2cncc(C(F)(F)F)c2)c1F. The lowest BCUT2D eigenvalue weighted by Gasteiger charge is -2.10. The Hall–Kier alpha value is -3.76. The number of alkyl halides is 3. The van der Waals surface area contributed by atoms with Gasteiger partial charge in [-0.15, -0.1) is 0 Å². The van der Waals surface area contributed by atoms with Crippen molar-refractivity contribution < 1.29 is 26.5 Å². The van der Waals surface area contributed by atoms with E-state index in [-0.39, 0.29) is 39.9 Å². The standard InChI is InChI=1S/C19H10F5N5O/c1-9-16(21)13(10-4-11(7-25-6-10)19(22,23)24)5-15(27-9)17-28-18(30-29-17)14-3-2-12(20)8-26-14/h2-8H,1H3. The number of hydrogen-bond donors (Lipinski definition) is 0. The molecule has 0 unspecified atom stereocenters. The summed E-state index contributed by atoms with van der Waals surface area (Å²) in [6.45, 7) is 1.35. The predicted octanol–water partition coefficient (Wildman–Crippen LogP) is 4.86. The lowest BCUT2D eigenvalue weighted by Crippen LogP contribution is -2.06. The molecule has 0 radical (unpaired) electrons. The average molecular weight is 419 g/mol. The van der Waals surface area contributed by atoms with Crippen LogP contribution < -0.4 is 0 Å². The van der Waals surface area contributed by atoms with Crippen molar-refractivity contribution in [3.63, 3.8) is 0 Å². The second-order valence-corrected chi connectivity index (χ2v) is 6.20. The van der Waals surface area contributed by atoms with Crippen molar-refractivity contribution in [1.82, 2.24) is 25.1 Å². The van der Waals surface area contributed by atoms with Gasteiger partial charge in [0.15, 0.2) is 5.82 Å². The van der Waals surface area contributed by atoms with Crippen molar-refractivity contribution >= 4 is 0 Å². The lowest BCUT2D eigenvalue weighted by molar-refractivity contribution is -0.137. The van der Waals surface area contributed by atoms with Crippen LogP contribution in [0.15, 0.2) is 47.4 Å². The molecule has 4 aromatic rings. The van der Waals surface area contributed by atoms with Crippen molar-refractivity contribution in [3.8, 4) is 34.2 Å². The third kappa shape index (κ3) is 3.73. The van der Waals surface area contributed by atoms with Crippen LogP contribution in [0.1, 0.15) is 11.3 Å². The van der Waals surface area contributed by atoms with E-state index in [1.165, 1.54) is 19.1 Å². The third-order valence-electron chi connectivity index (χ3n) is 4.10. The molecule has 0 saturated carbocycles. The van der Waals surface area contributed by atoms with E-state index >= 15 is 0 Å². The van der Waals surface area contributed by atoms with Gasteiger partial charge in [-0.3, -0.25) is 4.98 Å². The molecule has 0 N–H and O–H groups in total. The van der Waals surface area contributed by atoms with E-state index in [1.807, 2.05) is 0 Å². The highest BCUT2D eigenvalue weighted by atomic mass is 19.4. The van der Waals surface area contributed by atoms with Gasteiger partial charge in [0.2, 0.25) is 5.82 Å². The first-order valence-electron chi connectivity index (χ1n) is 8.38. The first-order chi connectivity index (χ1) is 14.2. The highest BCUT2D eigenvalue weighted by molar-refractivity contribution is 5.69. The smallest absolute Gasteiger partial charge is 0.332 e. The largest absolute Gasteiger partial charge is 0.417 e. The summed E-state index contributed by atoms with van der Waals surface area (Å²) in [6, 6.07) is 4.48. The highest BCUT2D eigenvalue weighted by Gasteiger charge is 2.31. The molecule has 11 heteroatoms. The molecular formula is C19H10F5N5O. The van der Waals surface area contributed by atoms with Crippen LogP contribution >= 0.6 is 0 Å². The molecule has 0 aliphatic heterocycles. The summed E-state index contributed by atoms with van der Waals surface area (Å²) in [4.78, 5) is 15.5. The molecule has 0 aromatic carbocycles. The van der Waals surface area contributed by atoms with Crippen LogP contribution in [0.3, 0.4) is 0 Å². The molecule has 0 saturated heterocycles. The maximum absolute atomic E-state index is 14.6. The van der Waals surface area contributed by atoms with Crippen molar-refractivity contribution in [1.29, 1.82) is 0 Å². The minimum absolute atomic E-state index is 0.0314. The van der Waals surface area contributed by atoms with E-state index < -0.39 is 23.4 Å². The molecule has 0 fully saturated rings. The van der Waals surface area contributed by atoms with Gasteiger partial charge in [-0.1, -0.05) is 5.16 Å². The lowest BCUT2D eigenvalue weighted by atomic mass is 10.0. The number of pyridine rings is 3. The fourth-order valence-electron chi connectivity index (χ4n) is 2.66. The van der Waals surface area contributed by atoms with Gasteiger partial charge in [-0.05, 0) is 31.2 Å². The molecule has 0 bridgehead atoms. The van der Waals surface area contributed by atoms with Crippen molar-refractivity contribution in [3.05, 3.63) is 65.7 Å². The van der Waals surface area contributed by atoms with Crippen molar-refractivity contribution in [2.75, 3.05) is 0 Å². The summed E-state index contributed by atoms with van der Waals surface area (Å²) in [5.74, 6) is -1.42. The normalized spacial score (nSPS) is 11.7. The van der Waals surface area contributed by atoms with Gasteiger partial charge >= 0.3 is 6.18 Å². The zero-order valence-corrected chi connectivity index (χ0v) is 15.1. The Balaban J connectivity index is 1.77. The van der Waals surface area contributed by atoms with Crippen LogP contribution in [0.25, 0.3) is 34.2 Å². The first kappa shape index (κ1) is 19.6. The molecule has 0 aliphatic rings. The van der Waals surface area contributed by atoms with E-state index in [1.54, 1.807) is 0 Å². The van der Waals surface area contributed by atoms with Gasteiger partial charge in [-0.25, -0.2) is 18.7 Å². The zero-order valence-electron chi connectivity index (χ0n) is 15.1. The average Bonchev–Trinajstić information content (AvgIpc) is 3.20. The summed E-state index contributed by atoms with van der Waals surface area (Å²) in [5, 5.41) is 3.75. The van der Waals surface area contributed by atoms with Crippen LogP contribution in [0, 0.1) is 18.6 Å². The van der Waals surface area contributed by atoms with Gasteiger partial charge in [0.05, 0.1) is 17.5 Å². The third-order valence-corrected chi connectivity index (χ3v) is 4.10. The van der Waals surface area contributed by atoms with E-state index in [0.29, 0.717) is 6.20 Å². The molecular weight excluding hydrogens is 409 g/mol. The van der Waals surface area contributed by atoms with Gasteiger partial charge in [-0.2, -0.15) is 18.2 Å². The van der Waals surface area contributed by atoms with Crippen LogP contribution in [-0.2, 0) is 6.18 Å². The summed E-state index contributed by atoms with van der Waals surface area (Å²) < 4.78 is 71.7. The topological polar surface area (TPSA) is 77.6 Å². The van der Waals surface area contributed by atoms with Gasteiger partial charge in [0, 0.05) is 23.5 Å². The molecule has 0 spiro atoms. The Labute approximate surface area is 165 Å². The first-order valence-corrected chi connectivity index (χ1v) is 8.38. The molecule has 30 heavy (non-hydrogen) atoms. The second kappa shape index (κ2) is 7.25. The number of aryl methyl sites for hydroxylation is 1. The van der Waals surface area contributed by atoms with E-state index in [4.69, 9.17) is 4.52 Å². The summed E-state index contributed by atoms with van der Waals surface area (Å²) in [7, 11) is 0. The van der Waals surface area contributed by atoms with Gasteiger partial charge in [0.25, 0.3) is 5.89 Å². The molecule has 0 amide bonds. The number of hydrogen-bond acceptors (Lipinski definition) is 6. The van der Waals surface area contributed by atoms with Crippen molar-refractivity contribution in [2.24, 2.45) is 0 Å². The Bertz CT molecular complexity index is 1220. The Morgan fingerprint density at radius 1 is 0.933 bits per heavy atom. The molecule has 4 rings (SSSR count).